The SMILES string of the molecule is CNC(=O)c1cccnc1NCc1ccc(N(C)S(C)(=O)=O)cc1. The van der Waals surface area contributed by atoms with Crippen molar-refractivity contribution in [1.29, 1.82) is 0 Å². The van der Waals surface area contributed by atoms with Gasteiger partial charge in [0.25, 0.3) is 5.91 Å². The van der Waals surface area contributed by atoms with Crippen molar-refractivity contribution in [1.82, 2.24) is 10.3 Å². The maximum atomic E-state index is 11.8. The van der Waals surface area contributed by atoms with Gasteiger partial charge in [-0.3, -0.25) is 9.10 Å². The fraction of sp³-hybridized carbons (Fsp3) is 0.250. The second kappa shape index (κ2) is 7.31. The molecule has 24 heavy (non-hydrogen) atoms. The number of benzene rings is 1. The average molecular weight is 348 g/mol. The first-order chi connectivity index (χ1) is 11.3. The van der Waals surface area contributed by atoms with Crippen LogP contribution in [0.25, 0.3) is 0 Å². The van der Waals surface area contributed by atoms with Gasteiger partial charge in [-0.15, -0.1) is 0 Å². The molecule has 8 heteroatoms. The van der Waals surface area contributed by atoms with Crippen molar-refractivity contribution in [3.05, 3.63) is 53.7 Å². The summed E-state index contributed by atoms with van der Waals surface area (Å²) in [6.07, 6.45) is 2.77. The number of rotatable bonds is 6. The van der Waals surface area contributed by atoms with E-state index in [0.717, 1.165) is 11.8 Å². The van der Waals surface area contributed by atoms with Crippen LogP contribution in [0.3, 0.4) is 0 Å². The van der Waals surface area contributed by atoms with Gasteiger partial charge in [0, 0.05) is 26.8 Å². The Bertz CT molecular complexity index is 819. The normalized spacial score (nSPS) is 11.0. The predicted molar refractivity (Wildman–Crippen MR) is 94.6 cm³/mol. The van der Waals surface area contributed by atoms with Gasteiger partial charge in [0.1, 0.15) is 5.82 Å². The Balaban J connectivity index is 2.10. The Morgan fingerprint density at radius 2 is 1.88 bits per heavy atom. The molecule has 7 nitrogen and oxygen atoms in total. The lowest BCUT2D eigenvalue weighted by molar-refractivity contribution is 0.0963. The van der Waals surface area contributed by atoms with Crippen LogP contribution < -0.4 is 14.9 Å². The highest BCUT2D eigenvalue weighted by Gasteiger charge is 2.12. The number of hydrogen-bond donors (Lipinski definition) is 2. The molecule has 1 aromatic heterocycles. The van der Waals surface area contributed by atoms with E-state index in [1.54, 1.807) is 37.5 Å². The summed E-state index contributed by atoms with van der Waals surface area (Å²) >= 11 is 0. The largest absolute Gasteiger partial charge is 0.365 e. The van der Waals surface area contributed by atoms with Gasteiger partial charge in [-0.25, -0.2) is 13.4 Å². The summed E-state index contributed by atoms with van der Waals surface area (Å²) in [5.41, 5.74) is 1.99. The molecule has 2 aromatic rings. The topological polar surface area (TPSA) is 91.4 Å². The van der Waals surface area contributed by atoms with Crippen LogP contribution >= 0.6 is 0 Å². The molecule has 1 aromatic carbocycles. The summed E-state index contributed by atoms with van der Waals surface area (Å²) in [5, 5.41) is 5.69. The molecule has 0 bridgehead atoms. The lowest BCUT2D eigenvalue weighted by Gasteiger charge is -2.17. The summed E-state index contributed by atoms with van der Waals surface area (Å²) in [7, 11) is -0.207. The number of nitrogens with zero attached hydrogens (tertiary/aromatic N) is 2. The number of aromatic nitrogens is 1. The van der Waals surface area contributed by atoms with Crippen molar-refractivity contribution in [2.45, 2.75) is 6.54 Å². The van der Waals surface area contributed by atoms with Gasteiger partial charge in [-0.1, -0.05) is 12.1 Å². The van der Waals surface area contributed by atoms with Crippen LogP contribution in [0.1, 0.15) is 15.9 Å². The van der Waals surface area contributed by atoms with Crippen molar-refractivity contribution in [2.24, 2.45) is 0 Å². The second-order valence-corrected chi connectivity index (χ2v) is 7.24. The molecule has 128 valence electrons. The van der Waals surface area contributed by atoms with Gasteiger partial charge in [-0.2, -0.15) is 0 Å². The minimum Gasteiger partial charge on any atom is -0.365 e. The molecular formula is C16H20N4O3S. The molecule has 0 aliphatic rings. The minimum atomic E-state index is -3.28. The summed E-state index contributed by atoms with van der Waals surface area (Å²) in [6.45, 7) is 0.462. The van der Waals surface area contributed by atoms with Gasteiger partial charge in [0.05, 0.1) is 17.5 Å². The molecule has 0 radical (unpaired) electrons. The number of hydrogen-bond acceptors (Lipinski definition) is 5. The quantitative estimate of drug-likeness (QED) is 0.824. The van der Waals surface area contributed by atoms with Crippen LogP contribution in [0, 0.1) is 0 Å². The van der Waals surface area contributed by atoms with Gasteiger partial charge < -0.3 is 10.6 Å². The Labute approximate surface area is 141 Å². The maximum absolute atomic E-state index is 11.8. The van der Waals surface area contributed by atoms with Crippen LogP contribution in [0.5, 0.6) is 0 Å². The minimum absolute atomic E-state index is 0.212. The van der Waals surface area contributed by atoms with E-state index < -0.39 is 10.0 Å². The van der Waals surface area contributed by atoms with E-state index in [9.17, 15) is 13.2 Å². The van der Waals surface area contributed by atoms with Crippen LogP contribution in [-0.4, -0.2) is 39.7 Å². The Hall–Kier alpha value is -2.61. The Morgan fingerprint density at radius 3 is 2.46 bits per heavy atom. The van der Waals surface area contributed by atoms with Crippen LogP contribution in [0.4, 0.5) is 11.5 Å². The van der Waals surface area contributed by atoms with Crippen LogP contribution in [0.2, 0.25) is 0 Å². The number of carbonyl (C=O) groups excluding carboxylic acids is 1. The predicted octanol–water partition coefficient (Wildman–Crippen LogP) is 1.45. The molecule has 0 spiro atoms. The van der Waals surface area contributed by atoms with E-state index in [-0.39, 0.29) is 5.91 Å². The van der Waals surface area contributed by atoms with Gasteiger partial charge in [0.15, 0.2) is 0 Å². The zero-order chi connectivity index (χ0) is 17.7. The number of amides is 1. The summed E-state index contributed by atoms with van der Waals surface area (Å²) in [5.74, 6) is 0.282. The van der Waals surface area contributed by atoms with Crippen LogP contribution in [-0.2, 0) is 16.6 Å². The smallest absolute Gasteiger partial charge is 0.254 e. The molecule has 0 aliphatic heterocycles. The van der Waals surface area contributed by atoms with Crippen molar-refractivity contribution >= 4 is 27.4 Å². The highest BCUT2D eigenvalue weighted by Crippen LogP contribution is 2.18. The summed E-state index contributed by atoms with van der Waals surface area (Å²) in [6, 6.07) is 10.5. The summed E-state index contributed by atoms with van der Waals surface area (Å²) < 4.78 is 24.3. The van der Waals surface area contributed by atoms with Gasteiger partial charge in [-0.05, 0) is 29.8 Å². The third-order valence-electron chi connectivity index (χ3n) is 3.54. The standard InChI is InChI=1S/C16H20N4O3S/c1-17-16(21)14-5-4-10-18-15(14)19-11-12-6-8-13(9-7-12)20(2)24(3,22)23/h4-10H,11H2,1-3H3,(H,17,21)(H,18,19). The van der Waals surface area contributed by atoms with Crippen LogP contribution in [0.15, 0.2) is 42.6 Å². The number of nitrogens with one attached hydrogen (secondary N) is 2. The van der Waals surface area contributed by atoms with E-state index in [1.807, 2.05) is 12.1 Å². The highest BCUT2D eigenvalue weighted by molar-refractivity contribution is 7.92. The van der Waals surface area contributed by atoms with Crippen molar-refractivity contribution in [3.8, 4) is 0 Å². The highest BCUT2D eigenvalue weighted by atomic mass is 32.2. The molecule has 0 atom stereocenters. The number of anilines is 2. The molecule has 0 aliphatic carbocycles. The molecular weight excluding hydrogens is 328 g/mol. The monoisotopic (exact) mass is 348 g/mol. The third-order valence-corrected chi connectivity index (χ3v) is 4.74. The fourth-order valence-corrected chi connectivity index (χ4v) is 2.57. The number of sulfonamides is 1. The number of pyridine rings is 1. The Morgan fingerprint density at radius 1 is 1.21 bits per heavy atom. The average Bonchev–Trinajstić information content (AvgIpc) is 2.58. The van der Waals surface area contributed by atoms with E-state index in [1.165, 1.54) is 11.4 Å². The lowest BCUT2D eigenvalue weighted by Crippen LogP contribution is -2.24. The summed E-state index contributed by atoms with van der Waals surface area (Å²) in [4.78, 5) is 16.0. The maximum Gasteiger partial charge on any atom is 0.254 e. The first-order valence-corrected chi connectivity index (χ1v) is 9.11. The number of carbonyl (C=O) groups is 1. The van der Waals surface area contributed by atoms with Gasteiger partial charge >= 0.3 is 0 Å². The zero-order valence-corrected chi connectivity index (χ0v) is 14.6. The molecule has 0 unspecified atom stereocenters. The second-order valence-electron chi connectivity index (χ2n) is 5.23. The van der Waals surface area contributed by atoms with Crippen molar-refractivity contribution < 1.29 is 13.2 Å². The molecule has 1 heterocycles. The van der Waals surface area contributed by atoms with Crippen molar-refractivity contribution in [2.75, 3.05) is 30.0 Å². The lowest BCUT2D eigenvalue weighted by atomic mass is 10.2. The molecule has 0 saturated heterocycles. The fourth-order valence-electron chi connectivity index (χ4n) is 2.07. The zero-order valence-electron chi connectivity index (χ0n) is 13.8. The van der Waals surface area contributed by atoms with E-state index >= 15 is 0 Å². The van der Waals surface area contributed by atoms with Crippen molar-refractivity contribution in [3.63, 3.8) is 0 Å². The van der Waals surface area contributed by atoms with Gasteiger partial charge in [0.2, 0.25) is 10.0 Å². The first-order valence-electron chi connectivity index (χ1n) is 7.26. The van der Waals surface area contributed by atoms with E-state index in [4.69, 9.17) is 0 Å². The molecule has 1 amide bonds. The van der Waals surface area contributed by atoms with E-state index in [0.29, 0.717) is 23.6 Å². The Kier molecular flexibility index (Phi) is 5.40. The third kappa shape index (κ3) is 4.23. The first kappa shape index (κ1) is 17.7. The molecule has 0 fully saturated rings. The molecule has 2 N–H and O–H groups in total. The molecule has 0 saturated carbocycles. The van der Waals surface area contributed by atoms with E-state index in [2.05, 4.69) is 15.6 Å². The molecule has 2 rings (SSSR count).